The van der Waals surface area contributed by atoms with Crippen LogP contribution in [0.2, 0.25) is 5.02 Å². The van der Waals surface area contributed by atoms with Gasteiger partial charge < -0.3 is 10.4 Å². The molecule has 0 spiro atoms. The third kappa shape index (κ3) is 3.22. The molecule has 1 amide bonds. The molecular weight excluding hydrogens is 314 g/mol. The normalized spacial score (nSPS) is 16.5. The summed E-state index contributed by atoms with van der Waals surface area (Å²) in [6.07, 6.45) is 2.63. The number of carbonyl (C=O) groups excluding carboxylic acids is 1. The van der Waals surface area contributed by atoms with Crippen molar-refractivity contribution in [3.8, 4) is 0 Å². The smallest absolute Gasteiger partial charge is 0.335 e. The molecule has 0 radical (unpaired) electrons. The molecule has 4 nitrogen and oxygen atoms in total. The van der Waals surface area contributed by atoms with Crippen LogP contribution in [0.5, 0.6) is 0 Å². The minimum Gasteiger partial charge on any atom is -0.478 e. The Morgan fingerprint density at radius 2 is 1.96 bits per heavy atom. The van der Waals surface area contributed by atoms with E-state index in [0.717, 1.165) is 30.4 Å². The summed E-state index contributed by atoms with van der Waals surface area (Å²) in [7, 11) is 0. The Morgan fingerprint density at radius 1 is 1.17 bits per heavy atom. The Kier molecular flexibility index (Phi) is 4.35. The van der Waals surface area contributed by atoms with E-state index in [9.17, 15) is 9.59 Å². The molecular formula is C18H16ClNO3. The van der Waals surface area contributed by atoms with Crippen molar-refractivity contribution in [3.05, 3.63) is 69.7 Å². The van der Waals surface area contributed by atoms with E-state index in [2.05, 4.69) is 5.32 Å². The summed E-state index contributed by atoms with van der Waals surface area (Å²) in [5, 5.41) is 12.5. The second kappa shape index (κ2) is 6.42. The summed E-state index contributed by atoms with van der Waals surface area (Å²) < 4.78 is 0. The standard InChI is InChI=1S/C18H16ClNO3/c19-15-6-2-1-5-13(15)17(21)20-16-7-3-4-11-8-9-12(18(22)23)10-14(11)16/h1-2,5-6,8-10,16H,3-4,7H2,(H,20,21)(H,22,23)/t16-/m1/s1. The lowest BCUT2D eigenvalue weighted by Crippen LogP contribution is -2.31. The molecule has 0 saturated carbocycles. The van der Waals surface area contributed by atoms with Crippen molar-refractivity contribution in [3.63, 3.8) is 0 Å². The van der Waals surface area contributed by atoms with E-state index in [0.29, 0.717) is 10.6 Å². The quantitative estimate of drug-likeness (QED) is 0.899. The summed E-state index contributed by atoms with van der Waals surface area (Å²) in [6.45, 7) is 0. The maximum absolute atomic E-state index is 12.5. The molecule has 5 heteroatoms. The predicted octanol–water partition coefficient (Wildman–Crippen LogP) is 3.85. The Balaban J connectivity index is 1.88. The molecule has 0 aliphatic heterocycles. The van der Waals surface area contributed by atoms with E-state index in [4.69, 9.17) is 16.7 Å². The second-order valence-corrected chi connectivity index (χ2v) is 6.02. The van der Waals surface area contributed by atoms with E-state index >= 15 is 0 Å². The zero-order chi connectivity index (χ0) is 16.4. The molecule has 2 N–H and O–H groups in total. The minimum absolute atomic E-state index is 0.193. The molecule has 3 rings (SSSR count). The Labute approximate surface area is 139 Å². The Bertz CT molecular complexity index is 773. The number of rotatable bonds is 3. The molecule has 0 aromatic heterocycles. The first-order chi connectivity index (χ1) is 11.1. The van der Waals surface area contributed by atoms with Gasteiger partial charge in [-0.25, -0.2) is 4.79 Å². The first kappa shape index (κ1) is 15.6. The monoisotopic (exact) mass is 329 g/mol. The van der Waals surface area contributed by atoms with Crippen molar-refractivity contribution in [2.24, 2.45) is 0 Å². The van der Waals surface area contributed by atoms with Gasteiger partial charge in [0.1, 0.15) is 0 Å². The van der Waals surface area contributed by atoms with Crippen LogP contribution in [0.25, 0.3) is 0 Å². The third-order valence-corrected chi connectivity index (χ3v) is 4.46. The molecule has 0 bridgehead atoms. The highest BCUT2D eigenvalue weighted by Gasteiger charge is 2.24. The summed E-state index contributed by atoms with van der Waals surface area (Å²) in [4.78, 5) is 23.6. The van der Waals surface area contributed by atoms with E-state index in [1.807, 2.05) is 6.07 Å². The van der Waals surface area contributed by atoms with Crippen LogP contribution < -0.4 is 5.32 Å². The zero-order valence-corrected chi connectivity index (χ0v) is 13.1. The van der Waals surface area contributed by atoms with Gasteiger partial charge in [0.05, 0.1) is 22.2 Å². The molecule has 1 aliphatic rings. The maximum atomic E-state index is 12.5. The number of fused-ring (bicyclic) bond motifs is 1. The van der Waals surface area contributed by atoms with Gasteiger partial charge in [-0.15, -0.1) is 0 Å². The van der Waals surface area contributed by atoms with E-state index in [1.54, 1.807) is 36.4 Å². The van der Waals surface area contributed by atoms with Crippen molar-refractivity contribution < 1.29 is 14.7 Å². The van der Waals surface area contributed by atoms with E-state index in [-0.39, 0.29) is 17.5 Å². The van der Waals surface area contributed by atoms with Crippen LogP contribution in [0.3, 0.4) is 0 Å². The number of hydrogen-bond donors (Lipinski definition) is 2. The van der Waals surface area contributed by atoms with Gasteiger partial charge in [0.2, 0.25) is 0 Å². The number of carboxylic acids is 1. The van der Waals surface area contributed by atoms with Gasteiger partial charge in [-0.3, -0.25) is 4.79 Å². The number of amides is 1. The lowest BCUT2D eigenvalue weighted by molar-refractivity contribution is 0.0696. The molecule has 0 heterocycles. The summed E-state index contributed by atoms with van der Waals surface area (Å²) in [5.74, 6) is -1.20. The van der Waals surface area contributed by atoms with Gasteiger partial charge in [0, 0.05) is 0 Å². The number of aromatic carboxylic acids is 1. The minimum atomic E-state index is -0.963. The number of benzene rings is 2. The van der Waals surface area contributed by atoms with Crippen molar-refractivity contribution in [1.82, 2.24) is 5.32 Å². The summed E-state index contributed by atoms with van der Waals surface area (Å²) in [5.41, 5.74) is 2.64. The number of nitrogens with one attached hydrogen (secondary N) is 1. The molecule has 23 heavy (non-hydrogen) atoms. The predicted molar refractivity (Wildman–Crippen MR) is 88.0 cm³/mol. The van der Waals surface area contributed by atoms with Gasteiger partial charge in [-0.2, -0.15) is 0 Å². The summed E-state index contributed by atoms with van der Waals surface area (Å²) >= 11 is 6.07. The molecule has 118 valence electrons. The molecule has 1 aliphatic carbocycles. The van der Waals surface area contributed by atoms with Gasteiger partial charge in [-0.1, -0.05) is 29.8 Å². The largest absolute Gasteiger partial charge is 0.478 e. The number of halogens is 1. The van der Waals surface area contributed by atoms with E-state index in [1.165, 1.54) is 0 Å². The highest BCUT2D eigenvalue weighted by Crippen LogP contribution is 2.31. The van der Waals surface area contributed by atoms with Crippen LogP contribution in [0, 0.1) is 0 Å². The van der Waals surface area contributed by atoms with E-state index < -0.39 is 5.97 Å². The lowest BCUT2D eigenvalue weighted by atomic mass is 9.86. The van der Waals surface area contributed by atoms with Crippen LogP contribution in [0.4, 0.5) is 0 Å². The van der Waals surface area contributed by atoms with Crippen molar-refractivity contribution in [1.29, 1.82) is 0 Å². The number of hydrogen-bond acceptors (Lipinski definition) is 2. The fourth-order valence-corrected chi connectivity index (χ4v) is 3.18. The highest BCUT2D eigenvalue weighted by molar-refractivity contribution is 6.33. The Hall–Kier alpha value is -2.33. The second-order valence-electron chi connectivity index (χ2n) is 5.62. The van der Waals surface area contributed by atoms with Crippen LogP contribution in [0.1, 0.15) is 50.7 Å². The first-order valence-electron chi connectivity index (χ1n) is 7.48. The zero-order valence-electron chi connectivity index (χ0n) is 12.4. The Morgan fingerprint density at radius 3 is 2.70 bits per heavy atom. The van der Waals surface area contributed by atoms with Crippen LogP contribution in [0.15, 0.2) is 42.5 Å². The van der Waals surface area contributed by atoms with Gasteiger partial charge >= 0.3 is 5.97 Å². The number of aryl methyl sites for hydroxylation is 1. The fraction of sp³-hybridized carbons (Fsp3) is 0.222. The van der Waals surface area contributed by atoms with Crippen molar-refractivity contribution >= 4 is 23.5 Å². The van der Waals surface area contributed by atoms with Crippen LogP contribution in [-0.4, -0.2) is 17.0 Å². The number of carboxylic acid groups (broad SMARTS) is 1. The highest BCUT2D eigenvalue weighted by atomic mass is 35.5. The molecule has 0 saturated heterocycles. The first-order valence-corrected chi connectivity index (χ1v) is 7.85. The van der Waals surface area contributed by atoms with Crippen LogP contribution >= 0.6 is 11.6 Å². The lowest BCUT2D eigenvalue weighted by Gasteiger charge is -2.27. The SMILES string of the molecule is O=C(O)c1ccc2c(c1)[C@H](NC(=O)c1ccccc1Cl)CCC2. The molecule has 0 unspecified atom stereocenters. The molecule has 2 aromatic rings. The van der Waals surface area contributed by atoms with Gasteiger partial charge in [0.25, 0.3) is 5.91 Å². The average Bonchev–Trinajstić information content (AvgIpc) is 2.55. The maximum Gasteiger partial charge on any atom is 0.335 e. The van der Waals surface area contributed by atoms with Gasteiger partial charge in [-0.05, 0) is 54.7 Å². The van der Waals surface area contributed by atoms with Crippen molar-refractivity contribution in [2.75, 3.05) is 0 Å². The molecule has 0 fully saturated rings. The van der Waals surface area contributed by atoms with Crippen LogP contribution in [-0.2, 0) is 6.42 Å². The van der Waals surface area contributed by atoms with Gasteiger partial charge in [0.15, 0.2) is 0 Å². The third-order valence-electron chi connectivity index (χ3n) is 4.13. The fourth-order valence-electron chi connectivity index (χ4n) is 2.96. The number of carbonyl (C=O) groups is 2. The topological polar surface area (TPSA) is 66.4 Å². The summed E-state index contributed by atoms with van der Waals surface area (Å²) in [6, 6.07) is 11.8. The van der Waals surface area contributed by atoms with Crippen molar-refractivity contribution in [2.45, 2.75) is 25.3 Å². The molecule has 1 atom stereocenters. The molecule has 2 aromatic carbocycles. The average molecular weight is 330 g/mol.